The number of piperidine rings is 1. The molecule has 7 heteroatoms. The van der Waals surface area contributed by atoms with E-state index in [1.165, 1.54) is 6.20 Å². The van der Waals surface area contributed by atoms with E-state index in [0.717, 1.165) is 32.4 Å². The third-order valence-electron chi connectivity index (χ3n) is 3.83. The van der Waals surface area contributed by atoms with Crippen LogP contribution in [0.2, 0.25) is 10.0 Å². The van der Waals surface area contributed by atoms with Crippen molar-refractivity contribution >= 4 is 35.0 Å². The van der Waals surface area contributed by atoms with Crippen LogP contribution in [0.15, 0.2) is 24.4 Å². The molecule has 0 radical (unpaired) electrons. The Labute approximate surface area is 143 Å². The molecule has 1 aliphatic heterocycles. The number of nitrogens with zero attached hydrogens (tertiary/aromatic N) is 3. The van der Waals surface area contributed by atoms with Gasteiger partial charge in [-0.15, -0.1) is 0 Å². The van der Waals surface area contributed by atoms with Crippen LogP contribution in [0, 0.1) is 0 Å². The maximum atomic E-state index is 11.5. The van der Waals surface area contributed by atoms with Crippen LogP contribution in [0.25, 0.3) is 11.4 Å². The third-order valence-corrected chi connectivity index (χ3v) is 4.57. The van der Waals surface area contributed by atoms with Crippen LogP contribution < -0.4 is 4.90 Å². The minimum absolute atomic E-state index is 0.121. The van der Waals surface area contributed by atoms with Gasteiger partial charge in [0.25, 0.3) is 0 Å². The van der Waals surface area contributed by atoms with E-state index in [0.29, 0.717) is 27.3 Å². The fraction of sp³-hybridized carbons (Fsp3) is 0.312. The molecule has 1 saturated heterocycles. The smallest absolute Gasteiger partial charge is 0.341 e. The van der Waals surface area contributed by atoms with Crippen molar-refractivity contribution in [1.29, 1.82) is 0 Å². The first-order valence-corrected chi connectivity index (χ1v) is 8.12. The molecule has 0 saturated carbocycles. The molecule has 2 aromatic rings. The van der Waals surface area contributed by atoms with Crippen molar-refractivity contribution < 1.29 is 9.90 Å². The molecule has 0 atom stereocenters. The van der Waals surface area contributed by atoms with E-state index in [2.05, 4.69) is 9.97 Å². The predicted molar refractivity (Wildman–Crippen MR) is 90.5 cm³/mol. The van der Waals surface area contributed by atoms with Crippen LogP contribution in [-0.2, 0) is 0 Å². The minimum atomic E-state index is -1.02. The van der Waals surface area contributed by atoms with Crippen molar-refractivity contribution in [2.24, 2.45) is 0 Å². The molecular weight excluding hydrogens is 337 g/mol. The zero-order valence-corrected chi connectivity index (χ0v) is 13.8. The number of rotatable bonds is 3. The average molecular weight is 352 g/mol. The van der Waals surface area contributed by atoms with Crippen molar-refractivity contribution in [2.45, 2.75) is 19.3 Å². The quantitative estimate of drug-likeness (QED) is 0.899. The van der Waals surface area contributed by atoms with Gasteiger partial charge in [-0.3, -0.25) is 0 Å². The molecule has 1 aromatic carbocycles. The van der Waals surface area contributed by atoms with Gasteiger partial charge in [0.15, 0.2) is 5.82 Å². The Kier molecular flexibility index (Phi) is 4.68. The maximum Gasteiger partial charge on any atom is 0.341 e. The topological polar surface area (TPSA) is 66.3 Å². The average Bonchev–Trinajstić information content (AvgIpc) is 2.57. The number of hydrogen-bond donors (Lipinski definition) is 1. The number of benzene rings is 1. The lowest BCUT2D eigenvalue weighted by Gasteiger charge is -2.28. The molecule has 23 heavy (non-hydrogen) atoms. The van der Waals surface area contributed by atoms with E-state index >= 15 is 0 Å². The third kappa shape index (κ3) is 3.41. The van der Waals surface area contributed by atoms with E-state index < -0.39 is 5.97 Å². The van der Waals surface area contributed by atoms with Crippen LogP contribution in [0.3, 0.4) is 0 Å². The minimum Gasteiger partial charge on any atom is -0.477 e. The Bertz CT molecular complexity index is 746. The maximum absolute atomic E-state index is 11.5. The van der Waals surface area contributed by atoms with Gasteiger partial charge in [-0.25, -0.2) is 14.8 Å². The SMILES string of the molecule is O=C(O)c1cnc(-c2ccc(Cl)c(Cl)c2)nc1N1CCCCC1. The number of halogens is 2. The molecule has 1 aromatic heterocycles. The van der Waals surface area contributed by atoms with Crippen LogP contribution in [0.5, 0.6) is 0 Å². The molecule has 0 aliphatic carbocycles. The highest BCUT2D eigenvalue weighted by Crippen LogP contribution is 2.29. The lowest BCUT2D eigenvalue weighted by atomic mass is 10.1. The highest BCUT2D eigenvalue weighted by molar-refractivity contribution is 6.42. The monoisotopic (exact) mass is 351 g/mol. The molecule has 5 nitrogen and oxygen atoms in total. The molecule has 0 unspecified atom stereocenters. The Balaban J connectivity index is 2.05. The standard InChI is InChI=1S/C16H15Cl2N3O2/c17-12-5-4-10(8-13(12)18)14-19-9-11(16(22)23)15(20-14)21-6-2-1-3-7-21/h4-5,8-9H,1-3,6-7H2,(H,22,23). The van der Waals surface area contributed by atoms with Crippen LogP contribution >= 0.6 is 23.2 Å². The summed E-state index contributed by atoms with van der Waals surface area (Å²) in [4.78, 5) is 22.1. The molecule has 0 amide bonds. The molecule has 3 rings (SSSR count). The van der Waals surface area contributed by atoms with E-state index in [-0.39, 0.29) is 5.56 Å². The van der Waals surface area contributed by atoms with Crippen molar-refractivity contribution in [3.8, 4) is 11.4 Å². The predicted octanol–water partition coefficient (Wildman–Crippen LogP) is 4.14. The van der Waals surface area contributed by atoms with Gasteiger partial charge < -0.3 is 10.0 Å². The molecule has 120 valence electrons. The van der Waals surface area contributed by atoms with Crippen molar-refractivity contribution in [2.75, 3.05) is 18.0 Å². The van der Waals surface area contributed by atoms with Gasteiger partial charge in [0.1, 0.15) is 11.4 Å². The fourth-order valence-electron chi connectivity index (χ4n) is 2.64. The zero-order valence-electron chi connectivity index (χ0n) is 12.3. The molecule has 1 aliphatic rings. The van der Waals surface area contributed by atoms with Crippen LogP contribution in [0.1, 0.15) is 29.6 Å². The summed E-state index contributed by atoms with van der Waals surface area (Å²) in [5, 5.41) is 10.3. The van der Waals surface area contributed by atoms with E-state index in [9.17, 15) is 9.90 Å². The van der Waals surface area contributed by atoms with Gasteiger partial charge in [-0.1, -0.05) is 23.2 Å². The summed E-state index contributed by atoms with van der Waals surface area (Å²) in [6.07, 6.45) is 4.58. The van der Waals surface area contributed by atoms with Crippen LogP contribution in [-0.4, -0.2) is 34.1 Å². The largest absolute Gasteiger partial charge is 0.477 e. The number of aromatic carboxylic acids is 1. The number of anilines is 1. The van der Waals surface area contributed by atoms with Crippen LogP contribution in [0.4, 0.5) is 5.82 Å². The second-order valence-electron chi connectivity index (χ2n) is 5.41. The molecular formula is C16H15Cl2N3O2. The Morgan fingerprint density at radius 3 is 2.52 bits per heavy atom. The summed E-state index contributed by atoms with van der Waals surface area (Å²) in [6.45, 7) is 1.61. The first-order chi connectivity index (χ1) is 11.1. The first-order valence-electron chi connectivity index (χ1n) is 7.37. The second-order valence-corrected chi connectivity index (χ2v) is 6.23. The fourth-order valence-corrected chi connectivity index (χ4v) is 2.94. The number of carbonyl (C=O) groups is 1. The number of carboxylic acid groups (broad SMARTS) is 1. The molecule has 2 heterocycles. The zero-order chi connectivity index (χ0) is 16.4. The highest BCUT2D eigenvalue weighted by atomic mass is 35.5. The summed E-state index contributed by atoms with van der Waals surface area (Å²) < 4.78 is 0. The van der Waals surface area contributed by atoms with Gasteiger partial charge in [-0.05, 0) is 37.5 Å². The molecule has 0 bridgehead atoms. The van der Waals surface area contributed by atoms with Gasteiger partial charge in [0, 0.05) is 24.8 Å². The highest BCUT2D eigenvalue weighted by Gasteiger charge is 2.21. The number of aromatic nitrogens is 2. The van der Waals surface area contributed by atoms with Crippen molar-refractivity contribution in [3.05, 3.63) is 40.0 Å². The summed E-state index contributed by atoms with van der Waals surface area (Å²) in [7, 11) is 0. The Hall–Kier alpha value is -1.85. The number of carboxylic acids is 1. The Morgan fingerprint density at radius 2 is 1.87 bits per heavy atom. The van der Waals surface area contributed by atoms with Gasteiger partial charge in [0.05, 0.1) is 10.0 Å². The summed E-state index contributed by atoms with van der Waals surface area (Å²) in [6, 6.07) is 5.12. The molecule has 1 fully saturated rings. The van der Waals surface area contributed by atoms with Gasteiger partial charge in [-0.2, -0.15) is 0 Å². The van der Waals surface area contributed by atoms with Gasteiger partial charge in [0.2, 0.25) is 0 Å². The summed E-state index contributed by atoms with van der Waals surface area (Å²) >= 11 is 12.0. The van der Waals surface area contributed by atoms with E-state index in [1.54, 1.807) is 18.2 Å². The number of hydrogen-bond acceptors (Lipinski definition) is 4. The summed E-state index contributed by atoms with van der Waals surface area (Å²) in [5.74, 6) is -0.117. The normalized spacial score (nSPS) is 14.8. The summed E-state index contributed by atoms with van der Waals surface area (Å²) in [5.41, 5.74) is 0.824. The van der Waals surface area contributed by atoms with Crippen molar-refractivity contribution in [3.63, 3.8) is 0 Å². The molecule has 1 N–H and O–H groups in total. The van der Waals surface area contributed by atoms with Gasteiger partial charge >= 0.3 is 5.97 Å². The first kappa shape index (κ1) is 16.0. The van der Waals surface area contributed by atoms with E-state index in [1.807, 2.05) is 4.90 Å². The molecule has 0 spiro atoms. The van der Waals surface area contributed by atoms with Crippen molar-refractivity contribution in [1.82, 2.24) is 9.97 Å². The Morgan fingerprint density at radius 1 is 1.13 bits per heavy atom. The second kappa shape index (κ2) is 6.72. The van der Waals surface area contributed by atoms with E-state index in [4.69, 9.17) is 23.2 Å². The lowest BCUT2D eigenvalue weighted by molar-refractivity contribution is 0.0696. The lowest BCUT2D eigenvalue weighted by Crippen LogP contribution is -2.32.